The van der Waals surface area contributed by atoms with E-state index in [2.05, 4.69) is 64.2 Å². The first-order valence-corrected chi connectivity index (χ1v) is 7.10. The highest BCUT2D eigenvalue weighted by molar-refractivity contribution is 5.82. The first-order chi connectivity index (χ1) is 10.1. The van der Waals surface area contributed by atoms with E-state index in [1.807, 2.05) is 0 Å². The molecular formula is C16H19N5. The minimum atomic E-state index is 0.271. The second-order valence-electron chi connectivity index (χ2n) is 5.50. The number of aromatic amines is 1. The van der Waals surface area contributed by atoms with Gasteiger partial charge in [0.2, 0.25) is 0 Å². The molecule has 2 N–H and O–H groups in total. The summed E-state index contributed by atoms with van der Waals surface area (Å²) in [6.45, 7) is 6.44. The van der Waals surface area contributed by atoms with Crippen LogP contribution in [0, 0.1) is 13.8 Å². The Morgan fingerprint density at radius 2 is 2.05 bits per heavy atom. The lowest BCUT2D eigenvalue weighted by Crippen LogP contribution is -2.19. The third-order valence-electron chi connectivity index (χ3n) is 3.63. The average molecular weight is 281 g/mol. The molecule has 5 nitrogen and oxygen atoms in total. The van der Waals surface area contributed by atoms with Crippen LogP contribution in [0.25, 0.3) is 11.2 Å². The van der Waals surface area contributed by atoms with Crippen molar-refractivity contribution in [2.45, 2.75) is 33.2 Å². The number of rotatable bonds is 4. The molecule has 21 heavy (non-hydrogen) atoms. The molecule has 0 aliphatic carbocycles. The SMILES string of the molecule is Cc1ccc(CC(C)Nc2ncnc3nc[nH]c23)c(C)c1. The lowest BCUT2D eigenvalue weighted by molar-refractivity contribution is 0.781. The first kappa shape index (κ1) is 13.5. The van der Waals surface area contributed by atoms with Crippen LogP contribution in [0.15, 0.2) is 30.9 Å². The Hall–Kier alpha value is -2.43. The largest absolute Gasteiger partial charge is 0.365 e. The summed E-state index contributed by atoms with van der Waals surface area (Å²) >= 11 is 0. The van der Waals surface area contributed by atoms with Gasteiger partial charge in [0.1, 0.15) is 11.8 Å². The topological polar surface area (TPSA) is 66.5 Å². The number of nitrogens with zero attached hydrogens (tertiary/aromatic N) is 3. The summed E-state index contributed by atoms with van der Waals surface area (Å²) in [4.78, 5) is 15.7. The van der Waals surface area contributed by atoms with Crippen molar-refractivity contribution in [3.63, 3.8) is 0 Å². The highest BCUT2D eigenvalue weighted by Gasteiger charge is 2.10. The predicted molar refractivity (Wildman–Crippen MR) is 84.4 cm³/mol. The van der Waals surface area contributed by atoms with Gasteiger partial charge in [-0.2, -0.15) is 0 Å². The lowest BCUT2D eigenvalue weighted by atomic mass is 10.00. The summed E-state index contributed by atoms with van der Waals surface area (Å²) in [5.41, 5.74) is 5.52. The number of H-pyrrole nitrogens is 1. The maximum absolute atomic E-state index is 4.30. The number of fused-ring (bicyclic) bond motifs is 1. The molecule has 0 saturated heterocycles. The van der Waals surface area contributed by atoms with Gasteiger partial charge in [0, 0.05) is 6.04 Å². The van der Waals surface area contributed by atoms with Gasteiger partial charge in [-0.3, -0.25) is 0 Å². The van der Waals surface area contributed by atoms with Crippen LogP contribution < -0.4 is 5.32 Å². The second kappa shape index (κ2) is 5.52. The van der Waals surface area contributed by atoms with E-state index in [4.69, 9.17) is 0 Å². The Morgan fingerprint density at radius 3 is 2.86 bits per heavy atom. The standard InChI is InChI=1S/C16H19N5/c1-10-4-5-13(11(2)6-10)7-12(3)21-16-14-15(18-8-17-14)19-9-20-16/h4-6,8-9,12H,7H2,1-3H3,(H2,17,18,19,20,21). The summed E-state index contributed by atoms with van der Waals surface area (Å²) in [5.74, 6) is 0.801. The smallest absolute Gasteiger partial charge is 0.182 e. The molecule has 5 heteroatoms. The van der Waals surface area contributed by atoms with Gasteiger partial charge in [-0.1, -0.05) is 23.8 Å². The van der Waals surface area contributed by atoms with Crippen molar-refractivity contribution in [3.05, 3.63) is 47.5 Å². The third kappa shape index (κ3) is 2.86. The fourth-order valence-corrected chi connectivity index (χ4v) is 2.56. The van der Waals surface area contributed by atoms with Crippen molar-refractivity contribution in [2.24, 2.45) is 0 Å². The monoisotopic (exact) mass is 281 g/mol. The summed E-state index contributed by atoms with van der Waals surface area (Å²) in [6.07, 6.45) is 4.13. The molecule has 0 amide bonds. The van der Waals surface area contributed by atoms with Gasteiger partial charge in [0.05, 0.1) is 6.33 Å². The molecule has 108 valence electrons. The quantitative estimate of drug-likeness (QED) is 0.771. The Bertz CT molecular complexity index is 762. The molecule has 0 spiro atoms. The van der Waals surface area contributed by atoms with Crippen molar-refractivity contribution in [2.75, 3.05) is 5.32 Å². The van der Waals surface area contributed by atoms with Gasteiger partial charge in [-0.05, 0) is 38.3 Å². The van der Waals surface area contributed by atoms with E-state index in [0.29, 0.717) is 5.65 Å². The fraction of sp³-hybridized carbons (Fsp3) is 0.312. The van der Waals surface area contributed by atoms with Crippen LogP contribution in [0.5, 0.6) is 0 Å². The minimum Gasteiger partial charge on any atom is -0.365 e. The molecule has 2 heterocycles. The number of imidazole rings is 1. The van der Waals surface area contributed by atoms with Gasteiger partial charge in [0.15, 0.2) is 11.5 Å². The van der Waals surface area contributed by atoms with Gasteiger partial charge in [0.25, 0.3) is 0 Å². The van der Waals surface area contributed by atoms with E-state index in [0.717, 1.165) is 17.8 Å². The zero-order chi connectivity index (χ0) is 14.8. The number of hydrogen-bond donors (Lipinski definition) is 2. The lowest BCUT2D eigenvalue weighted by Gasteiger charge is -2.16. The number of hydrogen-bond acceptors (Lipinski definition) is 4. The molecule has 0 saturated carbocycles. The Kier molecular flexibility index (Phi) is 3.56. The Balaban J connectivity index is 1.77. The zero-order valence-corrected chi connectivity index (χ0v) is 12.5. The Morgan fingerprint density at radius 1 is 1.19 bits per heavy atom. The summed E-state index contributed by atoms with van der Waals surface area (Å²) in [5, 5.41) is 3.44. The van der Waals surface area contributed by atoms with Crippen molar-refractivity contribution in [1.29, 1.82) is 0 Å². The highest BCUT2D eigenvalue weighted by atomic mass is 15.1. The highest BCUT2D eigenvalue weighted by Crippen LogP contribution is 2.18. The molecule has 0 bridgehead atoms. The average Bonchev–Trinajstić information content (AvgIpc) is 2.91. The molecule has 0 aliphatic rings. The maximum Gasteiger partial charge on any atom is 0.182 e. The first-order valence-electron chi connectivity index (χ1n) is 7.10. The molecule has 1 aromatic carbocycles. The van der Waals surface area contributed by atoms with E-state index in [-0.39, 0.29) is 6.04 Å². The van der Waals surface area contributed by atoms with Crippen molar-refractivity contribution in [1.82, 2.24) is 19.9 Å². The van der Waals surface area contributed by atoms with E-state index in [1.54, 1.807) is 6.33 Å². The van der Waals surface area contributed by atoms with Gasteiger partial charge in [-0.15, -0.1) is 0 Å². The van der Waals surface area contributed by atoms with Crippen molar-refractivity contribution < 1.29 is 0 Å². The van der Waals surface area contributed by atoms with Crippen LogP contribution in [-0.4, -0.2) is 26.0 Å². The van der Waals surface area contributed by atoms with E-state index in [9.17, 15) is 0 Å². The third-order valence-corrected chi connectivity index (χ3v) is 3.63. The zero-order valence-electron chi connectivity index (χ0n) is 12.5. The molecule has 3 aromatic rings. The number of aromatic nitrogens is 4. The molecule has 2 aromatic heterocycles. The van der Waals surface area contributed by atoms with E-state index in [1.165, 1.54) is 23.0 Å². The normalized spacial score (nSPS) is 12.5. The van der Waals surface area contributed by atoms with Crippen LogP contribution in [0.2, 0.25) is 0 Å². The summed E-state index contributed by atoms with van der Waals surface area (Å²) < 4.78 is 0. The van der Waals surface area contributed by atoms with Crippen molar-refractivity contribution >= 4 is 17.0 Å². The molecule has 1 unspecified atom stereocenters. The molecule has 1 atom stereocenters. The molecule has 0 aliphatic heterocycles. The number of benzene rings is 1. The molecule has 0 fully saturated rings. The van der Waals surface area contributed by atoms with Crippen LogP contribution in [0.3, 0.4) is 0 Å². The van der Waals surface area contributed by atoms with Crippen LogP contribution >= 0.6 is 0 Å². The molecule has 0 radical (unpaired) electrons. The Labute approximate surface area is 123 Å². The number of aryl methyl sites for hydroxylation is 2. The fourth-order valence-electron chi connectivity index (χ4n) is 2.56. The van der Waals surface area contributed by atoms with Gasteiger partial charge >= 0.3 is 0 Å². The van der Waals surface area contributed by atoms with E-state index < -0.39 is 0 Å². The number of nitrogens with one attached hydrogen (secondary N) is 2. The molecular weight excluding hydrogens is 262 g/mol. The van der Waals surface area contributed by atoms with Crippen LogP contribution in [-0.2, 0) is 6.42 Å². The summed E-state index contributed by atoms with van der Waals surface area (Å²) in [7, 11) is 0. The van der Waals surface area contributed by atoms with Gasteiger partial charge < -0.3 is 10.3 Å². The van der Waals surface area contributed by atoms with E-state index >= 15 is 0 Å². The predicted octanol–water partition coefficient (Wildman–Crippen LogP) is 3.01. The number of anilines is 1. The molecule has 3 rings (SSSR count). The van der Waals surface area contributed by atoms with Gasteiger partial charge in [-0.25, -0.2) is 15.0 Å². The van der Waals surface area contributed by atoms with Crippen LogP contribution in [0.1, 0.15) is 23.6 Å². The maximum atomic E-state index is 4.30. The second-order valence-corrected chi connectivity index (χ2v) is 5.50. The minimum absolute atomic E-state index is 0.271. The van der Waals surface area contributed by atoms with Crippen molar-refractivity contribution in [3.8, 4) is 0 Å². The van der Waals surface area contributed by atoms with Crippen LogP contribution in [0.4, 0.5) is 5.82 Å². The summed E-state index contributed by atoms with van der Waals surface area (Å²) in [6, 6.07) is 6.86.